The van der Waals surface area contributed by atoms with Gasteiger partial charge in [0.1, 0.15) is 11.6 Å². The van der Waals surface area contributed by atoms with Crippen molar-refractivity contribution in [3.63, 3.8) is 0 Å². The van der Waals surface area contributed by atoms with Crippen LogP contribution in [0.15, 0.2) is 53.6 Å². The van der Waals surface area contributed by atoms with Gasteiger partial charge in [0.15, 0.2) is 0 Å². The minimum atomic E-state index is -0.822. The highest BCUT2D eigenvalue weighted by Crippen LogP contribution is 2.24. The molecular weight excluding hydrogens is 350 g/mol. The summed E-state index contributed by atoms with van der Waals surface area (Å²) in [5, 5.41) is 6.55. The van der Waals surface area contributed by atoms with Gasteiger partial charge in [0.2, 0.25) is 0 Å². The van der Waals surface area contributed by atoms with Crippen LogP contribution in [-0.4, -0.2) is 38.4 Å². The molecule has 3 heterocycles. The van der Waals surface area contributed by atoms with Crippen LogP contribution in [0.25, 0.3) is 33.7 Å². The van der Waals surface area contributed by atoms with Crippen LogP contribution in [0.4, 0.5) is 4.79 Å². The van der Waals surface area contributed by atoms with Crippen molar-refractivity contribution in [2.45, 2.75) is 0 Å². The Kier molecular flexibility index (Phi) is 4.09. The highest BCUT2D eigenvalue weighted by Gasteiger charge is 2.13. The molecule has 0 atom stereocenters. The molecule has 0 aliphatic heterocycles. The molecule has 0 aliphatic carbocycles. The van der Waals surface area contributed by atoms with Crippen molar-refractivity contribution in [2.75, 3.05) is 7.11 Å². The number of nitrogens with zero attached hydrogens (tertiary/aromatic N) is 3. The predicted molar refractivity (Wildman–Crippen MR) is 96.2 cm³/mol. The summed E-state index contributed by atoms with van der Waals surface area (Å²) in [7, 11) is 1.23. The van der Waals surface area contributed by atoms with E-state index in [0.29, 0.717) is 28.1 Å². The molecule has 9 heteroatoms. The summed E-state index contributed by atoms with van der Waals surface area (Å²) in [6, 6.07) is 10.1. The maximum atomic E-state index is 12.3. The molecule has 1 aromatic carbocycles. The molecule has 0 radical (unpaired) electrons. The lowest BCUT2D eigenvalue weighted by atomic mass is 10.1. The summed E-state index contributed by atoms with van der Waals surface area (Å²) < 4.78 is 9.45. The van der Waals surface area contributed by atoms with Crippen LogP contribution in [-0.2, 0) is 4.74 Å². The number of hydrogen-bond acceptors (Lipinski definition) is 7. The lowest BCUT2D eigenvalue weighted by Crippen LogP contribution is -2.12. The summed E-state index contributed by atoms with van der Waals surface area (Å²) >= 11 is 0. The van der Waals surface area contributed by atoms with E-state index in [4.69, 9.17) is 4.74 Å². The normalized spacial score (nSPS) is 10.7. The van der Waals surface area contributed by atoms with Crippen molar-refractivity contribution in [3.8, 4) is 28.4 Å². The predicted octanol–water partition coefficient (Wildman–Crippen LogP) is 2.52. The van der Waals surface area contributed by atoms with E-state index < -0.39 is 6.16 Å². The first kappa shape index (κ1) is 16.5. The van der Waals surface area contributed by atoms with E-state index in [1.165, 1.54) is 7.11 Å². The van der Waals surface area contributed by atoms with Gasteiger partial charge in [0.25, 0.3) is 5.56 Å². The van der Waals surface area contributed by atoms with Crippen molar-refractivity contribution in [1.82, 2.24) is 25.1 Å². The number of aromatic nitrogens is 5. The maximum absolute atomic E-state index is 12.3. The number of rotatable bonds is 3. The van der Waals surface area contributed by atoms with Crippen molar-refractivity contribution in [1.29, 1.82) is 0 Å². The number of hydrogen-bond donors (Lipinski definition) is 2. The molecule has 0 fully saturated rings. The van der Waals surface area contributed by atoms with E-state index in [-0.39, 0.29) is 11.3 Å². The lowest BCUT2D eigenvalue weighted by molar-refractivity contribution is 0.121. The molecule has 27 heavy (non-hydrogen) atoms. The molecule has 0 bridgehead atoms. The smallest absolute Gasteiger partial charge is 0.437 e. The van der Waals surface area contributed by atoms with Crippen LogP contribution in [0.1, 0.15) is 0 Å². The number of aromatic amines is 2. The number of ether oxygens (including phenoxy) is 2. The fraction of sp³-hybridized carbons (Fsp3) is 0.0556. The van der Waals surface area contributed by atoms with E-state index in [0.717, 1.165) is 5.56 Å². The number of carbonyl (C=O) groups is 1. The summed E-state index contributed by atoms with van der Waals surface area (Å²) in [6.45, 7) is 0. The van der Waals surface area contributed by atoms with Gasteiger partial charge in [-0.25, -0.2) is 14.9 Å². The van der Waals surface area contributed by atoms with Gasteiger partial charge in [-0.1, -0.05) is 0 Å². The summed E-state index contributed by atoms with van der Waals surface area (Å²) in [6.07, 6.45) is 2.47. The zero-order valence-corrected chi connectivity index (χ0v) is 14.1. The van der Waals surface area contributed by atoms with Crippen LogP contribution in [0.2, 0.25) is 0 Å². The van der Waals surface area contributed by atoms with Gasteiger partial charge in [-0.15, -0.1) is 0 Å². The van der Waals surface area contributed by atoms with Gasteiger partial charge in [-0.2, -0.15) is 5.10 Å². The molecule has 4 aromatic rings. The van der Waals surface area contributed by atoms with Crippen molar-refractivity contribution in [2.24, 2.45) is 0 Å². The average molecular weight is 363 g/mol. The fourth-order valence-electron chi connectivity index (χ4n) is 2.57. The third-order valence-corrected chi connectivity index (χ3v) is 3.86. The highest BCUT2D eigenvalue weighted by atomic mass is 16.7. The second-order valence-corrected chi connectivity index (χ2v) is 5.55. The molecule has 9 nitrogen and oxygen atoms in total. The Morgan fingerprint density at radius 1 is 1.11 bits per heavy atom. The van der Waals surface area contributed by atoms with Gasteiger partial charge in [-0.05, 0) is 30.3 Å². The zero-order valence-electron chi connectivity index (χ0n) is 14.1. The molecule has 0 spiro atoms. The van der Waals surface area contributed by atoms with E-state index in [1.807, 2.05) is 0 Å². The van der Waals surface area contributed by atoms with Gasteiger partial charge in [-0.3, -0.25) is 9.78 Å². The number of methoxy groups -OCH3 is 1. The molecule has 0 aliphatic rings. The van der Waals surface area contributed by atoms with Crippen molar-refractivity contribution >= 4 is 17.2 Å². The number of H-pyrrole nitrogens is 2. The number of imidazole rings is 1. The average Bonchev–Trinajstić information content (AvgIpc) is 3.12. The number of fused-ring (bicyclic) bond motifs is 1. The third kappa shape index (κ3) is 3.25. The van der Waals surface area contributed by atoms with Crippen LogP contribution in [0.5, 0.6) is 5.75 Å². The van der Waals surface area contributed by atoms with Crippen LogP contribution in [0.3, 0.4) is 0 Å². The summed E-state index contributed by atoms with van der Waals surface area (Å²) in [5.41, 5.74) is 2.58. The highest BCUT2D eigenvalue weighted by molar-refractivity contribution is 5.81. The Hall–Kier alpha value is -4.01. The molecule has 0 saturated carbocycles. The molecule has 134 valence electrons. The first-order chi connectivity index (χ1) is 13.1. The zero-order chi connectivity index (χ0) is 18.8. The van der Waals surface area contributed by atoms with Crippen LogP contribution >= 0.6 is 0 Å². The first-order valence-corrected chi connectivity index (χ1v) is 7.90. The molecule has 3 aromatic heterocycles. The summed E-state index contributed by atoms with van der Waals surface area (Å²) in [4.78, 5) is 35.0. The number of pyridine rings is 1. The fourth-order valence-corrected chi connectivity index (χ4v) is 2.57. The minimum Gasteiger partial charge on any atom is -0.437 e. The largest absolute Gasteiger partial charge is 0.513 e. The third-order valence-electron chi connectivity index (χ3n) is 3.86. The molecule has 0 saturated heterocycles. The first-order valence-electron chi connectivity index (χ1n) is 7.90. The quantitative estimate of drug-likeness (QED) is 0.423. The number of benzene rings is 1. The second kappa shape index (κ2) is 6.71. The molecule has 0 unspecified atom stereocenters. The Morgan fingerprint density at radius 3 is 2.70 bits per heavy atom. The number of carbonyl (C=O) groups excluding carboxylic acids is 1. The Morgan fingerprint density at radius 2 is 1.93 bits per heavy atom. The van der Waals surface area contributed by atoms with Crippen molar-refractivity contribution < 1.29 is 14.3 Å². The van der Waals surface area contributed by atoms with E-state index in [1.54, 1.807) is 48.8 Å². The van der Waals surface area contributed by atoms with E-state index in [2.05, 4.69) is 29.9 Å². The monoisotopic (exact) mass is 363 g/mol. The van der Waals surface area contributed by atoms with Gasteiger partial charge in [0, 0.05) is 24.0 Å². The Labute approximate surface area is 152 Å². The van der Waals surface area contributed by atoms with E-state index in [9.17, 15) is 9.59 Å². The lowest BCUT2D eigenvalue weighted by Gasteiger charge is -2.01. The van der Waals surface area contributed by atoms with Crippen LogP contribution < -0.4 is 10.3 Å². The molecule has 2 N–H and O–H groups in total. The maximum Gasteiger partial charge on any atom is 0.513 e. The second-order valence-electron chi connectivity index (χ2n) is 5.55. The van der Waals surface area contributed by atoms with E-state index >= 15 is 0 Å². The summed E-state index contributed by atoms with van der Waals surface area (Å²) in [5.74, 6) is 0.660. The Bertz CT molecular complexity index is 1180. The minimum absolute atomic E-state index is 0.286. The van der Waals surface area contributed by atoms with Gasteiger partial charge in [0.05, 0.1) is 29.4 Å². The number of nitrogens with one attached hydrogen (secondary N) is 2. The molecule has 0 amide bonds. The van der Waals surface area contributed by atoms with Crippen molar-refractivity contribution in [3.05, 3.63) is 59.1 Å². The topological polar surface area (TPSA) is 123 Å². The molecular formula is C18H13N5O4. The van der Waals surface area contributed by atoms with Gasteiger partial charge >= 0.3 is 6.16 Å². The standard InChI is InChI=1S/C18H13N5O4/c1-26-18(25)27-11-2-3-13-15(8-11)21-16(20-13)12-9-14(22-23-17(12)24)10-4-6-19-7-5-10/h2-9H,1H3,(H,20,21)(H,23,24). The SMILES string of the molecule is COC(=O)Oc1ccc2[nH]c(-c3cc(-c4ccncc4)n[nH]c3=O)nc2c1. The Balaban J connectivity index is 1.76. The molecule has 4 rings (SSSR count). The van der Waals surface area contributed by atoms with Gasteiger partial charge < -0.3 is 14.5 Å². The van der Waals surface area contributed by atoms with Crippen LogP contribution in [0, 0.1) is 0 Å².